The summed E-state index contributed by atoms with van der Waals surface area (Å²) in [6.45, 7) is 3.42. The Labute approximate surface area is 87.7 Å². The van der Waals surface area contributed by atoms with Crippen molar-refractivity contribution in [2.45, 2.75) is 0 Å². The molecule has 6 nitrogen and oxygen atoms in total. The minimum absolute atomic E-state index is 0.181. The predicted octanol–water partition coefficient (Wildman–Crippen LogP) is -0.973. The zero-order valence-electron chi connectivity index (χ0n) is 8.31. The molecule has 0 saturated carbocycles. The first-order chi connectivity index (χ1) is 7.36. The number of carbonyl (C=O) groups is 1. The van der Waals surface area contributed by atoms with Gasteiger partial charge < -0.3 is 5.32 Å². The van der Waals surface area contributed by atoms with Crippen molar-refractivity contribution in [1.29, 1.82) is 0 Å². The average molecular weight is 207 g/mol. The van der Waals surface area contributed by atoms with E-state index in [-0.39, 0.29) is 5.91 Å². The highest BCUT2D eigenvalue weighted by Crippen LogP contribution is 1.93. The van der Waals surface area contributed by atoms with E-state index >= 15 is 0 Å². The van der Waals surface area contributed by atoms with Gasteiger partial charge in [-0.05, 0) is 6.07 Å². The Morgan fingerprint density at radius 2 is 2.27 bits per heavy atom. The second-order valence-electron chi connectivity index (χ2n) is 3.27. The number of nitrogens with zero attached hydrogens (tertiary/aromatic N) is 3. The van der Waals surface area contributed by atoms with Crippen molar-refractivity contribution in [3.8, 4) is 0 Å². The first-order valence-corrected chi connectivity index (χ1v) is 4.89. The molecule has 2 rings (SSSR count). The van der Waals surface area contributed by atoms with Gasteiger partial charge in [-0.1, -0.05) is 0 Å². The lowest BCUT2D eigenvalue weighted by atomic mass is 10.4. The summed E-state index contributed by atoms with van der Waals surface area (Å²) < 4.78 is 0. The van der Waals surface area contributed by atoms with Gasteiger partial charge in [-0.3, -0.25) is 10.2 Å². The van der Waals surface area contributed by atoms with Crippen molar-refractivity contribution < 1.29 is 4.79 Å². The first-order valence-electron chi connectivity index (χ1n) is 4.89. The highest BCUT2D eigenvalue weighted by atomic mass is 16.2. The summed E-state index contributed by atoms with van der Waals surface area (Å²) in [5, 5.41) is 5.10. The van der Waals surface area contributed by atoms with Gasteiger partial charge in [0.25, 0.3) is 5.91 Å². The zero-order chi connectivity index (χ0) is 10.5. The van der Waals surface area contributed by atoms with Gasteiger partial charge in [-0.2, -0.15) is 0 Å². The molecular weight excluding hydrogens is 194 g/mol. The van der Waals surface area contributed by atoms with E-state index in [4.69, 9.17) is 0 Å². The molecule has 0 atom stereocenters. The molecule has 1 aromatic rings. The Kier molecular flexibility index (Phi) is 3.21. The molecule has 0 spiro atoms. The molecule has 1 amide bonds. The second-order valence-corrected chi connectivity index (χ2v) is 3.27. The largest absolute Gasteiger partial charge is 0.314 e. The Hall–Kier alpha value is -1.53. The lowest BCUT2D eigenvalue weighted by Crippen LogP contribution is -2.52. The van der Waals surface area contributed by atoms with E-state index in [0.29, 0.717) is 5.69 Å². The highest BCUT2D eigenvalue weighted by molar-refractivity contribution is 5.91. The molecule has 2 heterocycles. The first kappa shape index (κ1) is 10.0. The molecule has 1 aromatic heterocycles. The summed E-state index contributed by atoms with van der Waals surface area (Å²) in [4.78, 5) is 19.3. The topological polar surface area (TPSA) is 70.2 Å². The summed E-state index contributed by atoms with van der Waals surface area (Å²) in [5.74, 6) is -0.181. The van der Waals surface area contributed by atoms with Crippen molar-refractivity contribution in [1.82, 2.24) is 25.7 Å². The molecule has 0 radical (unpaired) electrons. The van der Waals surface area contributed by atoms with E-state index in [2.05, 4.69) is 20.7 Å². The Morgan fingerprint density at radius 3 is 2.93 bits per heavy atom. The number of hydrogen-bond donors (Lipinski definition) is 2. The third-order valence-electron chi connectivity index (χ3n) is 2.19. The average Bonchev–Trinajstić information content (AvgIpc) is 2.31. The van der Waals surface area contributed by atoms with Gasteiger partial charge >= 0.3 is 0 Å². The highest BCUT2D eigenvalue weighted by Gasteiger charge is 2.13. The molecule has 0 aliphatic carbocycles. The van der Waals surface area contributed by atoms with Crippen LogP contribution in [0.1, 0.15) is 10.5 Å². The quantitative estimate of drug-likeness (QED) is 0.652. The van der Waals surface area contributed by atoms with E-state index in [1.807, 2.05) is 5.01 Å². The van der Waals surface area contributed by atoms with Crippen LogP contribution in [0.25, 0.3) is 0 Å². The van der Waals surface area contributed by atoms with Gasteiger partial charge in [0.2, 0.25) is 0 Å². The fraction of sp³-hybridized carbons (Fsp3) is 0.444. The Morgan fingerprint density at radius 1 is 1.47 bits per heavy atom. The van der Waals surface area contributed by atoms with Crippen LogP contribution in [0, 0.1) is 0 Å². The fourth-order valence-electron chi connectivity index (χ4n) is 1.40. The maximum Gasteiger partial charge on any atom is 0.284 e. The number of rotatable bonds is 2. The van der Waals surface area contributed by atoms with Gasteiger partial charge in [0, 0.05) is 32.4 Å². The number of nitrogens with one attached hydrogen (secondary N) is 2. The number of amides is 1. The van der Waals surface area contributed by atoms with Crippen LogP contribution >= 0.6 is 0 Å². The van der Waals surface area contributed by atoms with E-state index in [1.54, 1.807) is 12.3 Å². The molecular formula is C9H13N5O. The third-order valence-corrected chi connectivity index (χ3v) is 2.19. The summed E-state index contributed by atoms with van der Waals surface area (Å²) in [7, 11) is 0. The summed E-state index contributed by atoms with van der Waals surface area (Å²) >= 11 is 0. The number of aromatic nitrogens is 2. The van der Waals surface area contributed by atoms with Gasteiger partial charge in [0.15, 0.2) is 0 Å². The lowest BCUT2D eigenvalue weighted by molar-refractivity contribution is 0.0759. The van der Waals surface area contributed by atoms with E-state index in [9.17, 15) is 4.79 Å². The van der Waals surface area contributed by atoms with Crippen LogP contribution in [0.15, 0.2) is 18.6 Å². The molecule has 2 N–H and O–H groups in total. The monoisotopic (exact) mass is 207 g/mol. The van der Waals surface area contributed by atoms with Crippen molar-refractivity contribution in [3.63, 3.8) is 0 Å². The van der Waals surface area contributed by atoms with Crippen molar-refractivity contribution in [3.05, 3.63) is 24.3 Å². The molecule has 6 heteroatoms. The summed E-state index contributed by atoms with van der Waals surface area (Å²) in [6.07, 6.45) is 2.92. The molecule has 1 aliphatic rings. The molecule has 1 fully saturated rings. The fourth-order valence-corrected chi connectivity index (χ4v) is 1.40. The van der Waals surface area contributed by atoms with Crippen LogP contribution in [0.3, 0.4) is 0 Å². The predicted molar refractivity (Wildman–Crippen MR) is 53.9 cm³/mol. The van der Waals surface area contributed by atoms with Crippen LogP contribution in [0.5, 0.6) is 0 Å². The summed E-state index contributed by atoms with van der Waals surface area (Å²) in [5.41, 5.74) is 3.19. The molecule has 1 saturated heterocycles. The minimum Gasteiger partial charge on any atom is -0.314 e. The van der Waals surface area contributed by atoms with Gasteiger partial charge in [0.05, 0.1) is 0 Å². The van der Waals surface area contributed by atoms with Crippen LogP contribution in [0.4, 0.5) is 0 Å². The number of carbonyl (C=O) groups excluding carboxylic acids is 1. The maximum absolute atomic E-state index is 11.6. The Bertz CT molecular complexity index is 323. The lowest BCUT2D eigenvalue weighted by Gasteiger charge is -2.27. The number of hydrazine groups is 1. The standard InChI is InChI=1S/C9H13N5O/c15-9(8-1-2-11-7-12-8)13-14-5-3-10-4-6-14/h1-2,7,10H,3-6H2,(H,13,15). The minimum atomic E-state index is -0.181. The number of piperazine rings is 1. The SMILES string of the molecule is O=C(NN1CCNCC1)c1ccncn1. The molecule has 0 aromatic carbocycles. The molecule has 0 bridgehead atoms. The van der Waals surface area contributed by atoms with Crippen molar-refractivity contribution >= 4 is 5.91 Å². The summed E-state index contributed by atoms with van der Waals surface area (Å²) in [6, 6.07) is 1.59. The van der Waals surface area contributed by atoms with Gasteiger partial charge in [0.1, 0.15) is 12.0 Å². The van der Waals surface area contributed by atoms with Crippen LogP contribution < -0.4 is 10.7 Å². The van der Waals surface area contributed by atoms with Crippen LogP contribution in [-0.2, 0) is 0 Å². The zero-order valence-corrected chi connectivity index (χ0v) is 8.31. The third kappa shape index (κ3) is 2.71. The van der Waals surface area contributed by atoms with Crippen molar-refractivity contribution in [2.75, 3.05) is 26.2 Å². The normalized spacial score (nSPS) is 17.3. The van der Waals surface area contributed by atoms with E-state index in [0.717, 1.165) is 26.2 Å². The van der Waals surface area contributed by atoms with E-state index < -0.39 is 0 Å². The molecule has 15 heavy (non-hydrogen) atoms. The van der Waals surface area contributed by atoms with E-state index in [1.165, 1.54) is 6.33 Å². The van der Waals surface area contributed by atoms with Crippen LogP contribution in [-0.4, -0.2) is 47.1 Å². The Balaban J connectivity index is 1.91. The van der Waals surface area contributed by atoms with Gasteiger partial charge in [-0.25, -0.2) is 15.0 Å². The molecule has 0 unspecified atom stereocenters. The molecule has 1 aliphatic heterocycles. The second kappa shape index (κ2) is 4.81. The van der Waals surface area contributed by atoms with Gasteiger partial charge in [-0.15, -0.1) is 0 Å². The van der Waals surface area contributed by atoms with Crippen LogP contribution in [0.2, 0.25) is 0 Å². The number of hydrogen-bond acceptors (Lipinski definition) is 5. The maximum atomic E-state index is 11.6. The molecule has 80 valence electrons. The smallest absolute Gasteiger partial charge is 0.284 e. The van der Waals surface area contributed by atoms with Crippen molar-refractivity contribution in [2.24, 2.45) is 0 Å².